The van der Waals surface area contributed by atoms with Crippen molar-refractivity contribution in [3.8, 4) is 0 Å². The maximum Gasteiger partial charge on any atom is 0.0237 e. The van der Waals surface area contributed by atoms with Gasteiger partial charge in [0.25, 0.3) is 0 Å². The standard InChI is InChI=1S/C14H27NS/c1-4-15-13-12(9-10-14(13,2)3)16-11-7-5-6-8-11/h11-13,15H,4-10H2,1-3H3. The first-order chi connectivity index (χ1) is 7.63. The van der Waals surface area contributed by atoms with E-state index in [-0.39, 0.29) is 0 Å². The summed E-state index contributed by atoms with van der Waals surface area (Å²) in [6.07, 6.45) is 8.71. The molecule has 0 aromatic carbocycles. The highest BCUT2D eigenvalue weighted by molar-refractivity contribution is 8.00. The Morgan fingerprint density at radius 3 is 2.50 bits per heavy atom. The minimum atomic E-state index is 0.506. The lowest BCUT2D eigenvalue weighted by atomic mass is 9.87. The van der Waals surface area contributed by atoms with E-state index in [1.54, 1.807) is 0 Å². The van der Waals surface area contributed by atoms with E-state index in [1.807, 2.05) is 0 Å². The van der Waals surface area contributed by atoms with Crippen LogP contribution in [0.5, 0.6) is 0 Å². The zero-order chi connectivity index (χ0) is 11.6. The van der Waals surface area contributed by atoms with Crippen LogP contribution in [-0.2, 0) is 0 Å². The van der Waals surface area contributed by atoms with E-state index in [4.69, 9.17) is 0 Å². The van der Waals surface area contributed by atoms with Crippen LogP contribution in [0, 0.1) is 5.41 Å². The number of rotatable bonds is 4. The Bertz CT molecular complexity index is 221. The predicted molar refractivity (Wildman–Crippen MR) is 74.1 cm³/mol. The zero-order valence-corrected chi connectivity index (χ0v) is 11.9. The second-order valence-corrected chi connectivity index (χ2v) is 7.69. The molecule has 2 atom stereocenters. The Kier molecular flexibility index (Phi) is 4.23. The van der Waals surface area contributed by atoms with Crippen molar-refractivity contribution in [1.82, 2.24) is 5.32 Å². The van der Waals surface area contributed by atoms with Crippen molar-refractivity contribution in [2.24, 2.45) is 5.41 Å². The van der Waals surface area contributed by atoms with Gasteiger partial charge >= 0.3 is 0 Å². The Balaban J connectivity index is 1.92. The fourth-order valence-electron chi connectivity index (χ4n) is 3.39. The lowest BCUT2D eigenvalue weighted by Gasteiger charge is -2.32. The molecule has 0 amide bonds. The van der Waals surface area contributed by atoms with Crippen molar-refractivity contribution >= 4 is 11.8 Å². The van der Waals surface area contributed by atoms with Gasteiger partial charge in [-0.05, 0) is 37.6 Å². The largest absolute Gasteiger partial charge is 0.313 e. The third kappa shape index (κ3) is 2.76. The lowest BCUT2D eigenvalue weighted by molar-refractivity contribution is 0.290. The van der Waals surface area contributed by atoms with Gasteiger partial charge in [0.15, 0.2) is 0 Å². The first kappa shape index (κ1) is 12.8. The maximum atomic E-state index is 3.74. The predicted octanol–water partition coefficient (Wildman–Crippen LogP) is 3.83. The quantitative estimate of drug-likeness (QED) is 0.803. The van der Waals surface area contributed by atoms with E-state index in [1.165, 1.54) is 38.5 Å². The third-order valence-corrected chi connectivity index (χ3v) is 6.09. The molecule has 0 bridgehead atoms. The molecule has 0 saturated heterocycles. The summed E-state index contributed by atoms with van der Waals surface area (Å²) in [5, 5.41) is 5.58. The summed E-state index contributed by atoms with van der Waals surface area (Å²) >= 11 is 2.30. The molecule has 1 nitrogen and oxygen atoms in total. The van der Waals surface area contributed by atoms with Gasteiger partial charge in [-0.15, -0.1) is 0 Å². The Hall–Kier alpha value is 0.310. The molecule has 2 unspecified atom stereocenters. The zero-order valence-electron chi connectivity index (χ0n) is 11.1. The number of thioether (sulfide) groups is 1. The van der Waals surface area contributed by atoms with Gasteiger partial charge in [0.2, 0.25) is 0 Å². The van der Waals surface area contributed by atoms with E-state index in [9.17, 15) is 0 Å². The highest BCUT2D eigenvalue weighted by Gasteiger charge is 2.42. The Labute approximate surface area is 105 Å². The molecule has 2 heteroatoms. The number of nitrogens with one attached hydrogen (secondary N) is 1. The van der Waals surface area contributed by atoms with Crippen LogP contribution in [0.4, 0.5) is 0 Å². The summed E-state index contributed by atoms with van der Waals surface area (Å²) in [6, 6.07) is 0.739. The van der Waals surface area contributed by atoms with Crippen LogP contribution >= 0.6 is 11.8 Å². The molecule has 2 rings (SSSR count). The number of hydrogen-bond acceptors (Lipinski definition) is 2. The lowest BCUT2D eigenvalue weighted by Crippen LogP contribution is -2.43. The molecule has 0 aromatic rings. The summed E-state index contributed by atoms with van der Waals surface area (Å²) in [5.41, 5.74) is 0.506. The fraction of sp³-hybridized carbons (Fsp3) is 1.00. The van der Waals surface area contributed by atoms with Crippen LogP contribution in [0.15, 0.2) is 0 Å². The van der Waals surface area contributed by atoms with E-state index in [0.29, 0.717) is 5.41 Å². The van der Waals surface area contributed by atoms with E-state index in [0.717, 1.165) is 23.1 Å². The highest BCUT2D eigenvalue weighted by Crippen LogP contribution is 2.46. The highest BCUT2D eigenvalue weighted by atomic mass is 32.2. The monoisotopic (exact) mass is 241 g/mol. The molecule has 2 fully saturated rings. The fourth-order valence-corrected chi connectivity index (χ4v) is 5.36. The minimum Gasteiger partial charge on any atom is -0.313 e. The Morgan fingerprint density at radius 1 is 1.19 bits per heavy atom. The summed E-state index contributed by atoms with van der Waals surface area (Å²) in [5.74, 6) is 0. The smallest absolute Gasteiger partial charge is 0.0237 e. The van der Waals surface area contributed by atoms with Gasteiger partial charge in [0, 0.05) is 16.5 Å². The molecular weight excluding hydrogens is 214 g/mol. The summed E-state index contributed by atoms with van der Waals surface area (Å²) < 4.78 is 0. The normalized spacial score (nSPS) is 34.7. The molecule has 94 valence electrons. The summed E-state index contributed by atoms with van der Waals surface area (Å²) in [4.78, 5) is 0. The van der Waals surface area contributed by atoms with Crippen molar-refractivity contribution in [1.29, 1.82) is 0 Å². The van der Waals surface area contributed by atoms with Gasteiger partial charge in [0.1, 0.15) is 0 Å². The molecule has 0 heterocycles. The number of hydrogen-bond donors (Lipinski definition) is 1. The molecule has 16 heavy (non-hydrogen) atoms. The van der Waals surface area contributed by atoms with Gasteiger partial charge in [-0.2, -0.15) is 11.8 Å². The minimum absolute atomic E-state index is 0.506. The first-order valence-electron chi connectivity index (χ1n) is 7.02. The van der Waals surface area contributed by atoms with Gasteiger partial charge in [0.05, 0.1) is 0 Å². The molecule has 0 aromatic heterocycles. The van der Waals surface area contributed by atoms with E-state index >= 15 is 0 Å². The van der Waals surface area contributed by atoms with Gasteiger partial charge < -0.3 is 5.32 Å². The van der Waals surface area contributed by atoms with Crippen molar-refractivity contribution in [2.75, 3.05) is 6.54 Å². The second-order valence-electron chi connectivity index (χ2n) is 6.14. The van der Waals surface area contributed by atoms with Gasteiger partial charge in [-0.3, -0.25) is 0 Å². The van der Waals surface area contributed by atoms with Crippen LogP contribution in [0.1, 0.15) is 59.3 Å². The molecule has 2 aliphatic rings. The van der Waals surface area contributed by atoms with Crippen molar-refractivity contribution in [3.05, 3.63) is 0 Å². The van der Waals surface area contributed by atoms with Gasteiger partial charge in [-0.1, -0.05) is 33.6 Å². The van der Waals surface area contributed by atoms with Crippen molar-refractivity contribution < 1.29 is 0 Å². The van der Waals surface area contributed by atoms with Crippen LogP contribution in [0.3, 0.4) is 0 Å². The second kappa shape index (κ2) is 5.30. The first-order valence-corrected chi connectivity index (χ1v) is 7.96. The summed E-state index contributed by atoms with van der Waals surface area (Å²) in [6.45, 7) is 8.24. The molecule has 2 saturated carbocycles. The molecular formula is C14H27NS. The van der Waals surface area contributed by atoms with E-state index in [2.05, 4.69) is 37.8 Å². The molecule has 0 aliphatic heterocycles. The topological polar surface area (TPSA) is 12.0 Å². The average molecular weight is 241 g/mol. The molecule has 2 aliphatic carbocycles. The molecule has 0 spiro atoms. The van der Waals surface area contributed by atoms with E-state index < -0.39 is 0 Å². The Morgan fingerprint density at radius 2 is 1.88 bits per heavy atom. The van der Waals surface area contributed by atoms with Crippen molar-refractivity contribution in [2.45, 2.75) is 75.8 Å². The summed E-state index contributed by atoms with van der Waals surface area (Å²) in [7, 11) is 0. The van der Waals surface area contributed by atoms with Crippen LogP contribution < -0.4 is 5.32 Å². The van der Waals surface area contributed by atoms with Gasteiger partial charge in [-0.25, -0.2) is 0 Å². The molecule has 0 radical (unpaired) electrons. The average Bonchev–Trinajstić information content (AvgIpc) is 2.81. The van der Waals surface area contributed by atoms with Crippen LogP contribution in [0.2, 0.25) is 0 Å². The maximum absolute atomic E-state index is 3.74. The van der Waals surface area contributed by atoms with Crippen LogP contribution in [0.25, 0.3) is 0 Å². The third-order valence-electron chi connectivity index (χ3n) is 4.38. The van der Waals surface area contributed by atoms with Crippen LogP contribution in [-0.4, -0.2) is 23.1 Å². The van der Waals surface area contributed by atoms with Crippen molar-refractivity contribution in [3.63, 3.8) is 0 Å². The SMILES string of the molecule is CCNC1C(SC2CCCC2)CCC1(C)C. The molecule has 1 N–H and O–H groups in total.